The molecule has 1 fully saturated rings. The predicted molar refractivity (Wildman–Crippen MR) is 122 cm³/mol. The van der Waals surface area contributed by atoms with Gasteiger partial charge in [-0.05, 0) is 48.2 Å². The van der Waals surface area contributed by atoms with Gasteiger partial charge in [-0.1, -0.05) is 31.2 Å². The summed E-state index contributed by atoms with van der Waals surface area (Å²) in [6, 6.07) is 14.7. The minimum absolute atomic E-state index is 0.0113. The summed E-state index contributed by atoms with van der Waals surface area (Å²) in [6.45, 7) is 3.36. The van der Waals surface area contributed by atoms with Crippen LogP contribution in [0.5, 0.6) is 0 Å². The van der Waals surface area contributed by atoms with Gasteiger partial charge in [0.1, 0.15) is 18.9 Å². The molecule has 3 amide bonds. The summed E-state index contributed by atoms with van der Waals surface area (Å²) in [5.41, 5.74) is 6.90. The van der Waals surface area contributed by atoms with E-state index in [1.807, 2.05) is 0 Å². The zero-order chi connectivity index (χ0) is 22.7. The number of rotatable bonds is 6. The standard InChI is InChI=1S/C23H26N6O3/c1-3-16-4-6-17(7-5-16)20-12-21-23(32)28(24-14-29(21)27-20)13-22(31)26-19-10-8-18(9-11-19)25-15(2)30/h4-11,14,20-21,27H,3,12-13H2,1-2H3,(H,25,30)(H,26,31). The third kappa shape index (κ3) is 4.78. The van der Waals surface area contributed by atoms with Crippen LogP contribution in [0.25, 0.3) is 0 Å². The number of carbonyl (C=O) groups is 3. The fourth-order valence-electron chi connectivity index (χ4n) is 3.83. The molecule has 9 nitrogen and oxygen atoms in total. The topological polar surface area (TPSA) is 106 Å². The Kier molecular flexibility index (Phi) is 6.18. The molecular weight excluding hydrogens is 408 g/mol. The molecule has 0 aliphatic carbocycles. The van der Waals surface area contributed by atoms with Crippen LogP contribution in [0.4, 0.5) is 11.4 Å². The second-order valence-electron chi connectivity index (χ2n) is 7.87. The zero-order valence-electron chi connectivity index (χ0n) is 18.0. The molecular formula is C23H26N6O3. The van der Waals surface area contributed by atoms with E-state index in [4.69, 9.17) is 0 Å². The van der Waals surface area contributed by atoms with E-state index in [0.717, 1.165) is 12.0 Å². The van der Waals surface area contributed by atoms with Crippen LogP contribution in [0.3, 0.4) is 0 Å². The van der Waals surface area contributed by atoms with Gasteiger partial charge in [-0.25, -0.2) is 10.4 Å². The maximum atomic E-state index is 12.9. The largest absolute Gasteiger partial charge is 0.326 e. The number of carbonyl (C=O) groups excluding carboxylic acids is 3. The van der Waals surface area contributed by atoms with Crippen molar-refractivity contribution >= 4 is 35.4 Å². The summed E-state index contributed by atoms with van der Waals surface area (Å²) in [6.07, 6.45) is 3.13. The lowest BCUT2D eigenvalue weighted by Crippen LogP contribution is -2.52. The number of hydrogen-bond donors (Lipinski definition) is 3. The van der Waals surface area contributed by atoms with E-state index in [2.05, 4.69) is 52.3 Å². The van der Waals surface area contributed by atoms with Crippen molar-refractivity contribution in [3.63, 3.8) is 0 Å². The Morgan fingerprint density at radius 1 is 1.06 bits per heavy atom. The smallest absolute Gasteiger partial charge is 0.267 e. The van der Waals surface area contributed by atoms with E-state index in [0.29, 0.717) is 17.8 Å². The predicted octanol–water partition coefficient (Wildman–Crippen LogP) is 2.25. The third-order valence-corrected chi connectivity index (χ3v) is 5.53. The number of nitrogens with zero attached hydrogens (tertiary/aromatic N) is 3. The fourth-order valence-corrected chi connectivity index (χ4v) is 3.83. The Labute approximate surface area is 186 Å². The number of hydrazine groups is 1. The Morgan fingerprint density at radius 3 is 2.34 bits per heavy atom. The third-order valence-electron chi connectivity index (χ3n) is 5.53. The Hall–Kier alpha value is -3.72. The van der Waals surface area contributed by atoms with Crippen LogP contribution >= 0.6 is 0 Å². The molecule has 1 saturated heterocycles. The maximum Gasteiger partial charge on any atom is 0.267 e. The van der Waals surface area contributed by atoms with Crippen LogP contribution in [0.15, 0.2) is 53.6 Å². The minimum atomic E-state index is -0.409. The maximum absolute atomic E-state index is 12.9. The highest BCUT2D eigenvalue weighted by atomic mass is 16.2. The minimum Gasteiger partial charge on any atom is -0.326 e. The summed E-state index contributed by atoms with van der Waals surface area (Å²) in [5.74, 6) is -0.739. The molecule has 2 aromatic rings. The van der Waals surface area contributed by atoms with Crippen LogP contribution in [0, 0.1) is 0 Å². The van der Waals surface area contributed by atoms with E-state index >= 15 is 0 Å². The van der Waals surface area contributed by atoms with Gasteiger partial charge in [0.25, 0.3) is 5.91 Å². The molecule has 32 heavy (non-hydrogen) atoms. The highest BCUT2D eigenvalue weighted by Gasteiger charge is 2.41. The van der Waals surface area contributed by atoms with E-state index in [1.54, 1.807) is 35.6 Å². The molecule has 2 atom stereocenters. The monoisotopic (exact) mass is 434 g/mol. The van der Waals surface area contributed by atoms with Gasteiger partial charge in [0.05, 0.1) is 6.04 Å². The summed E-state index contributed by atoms with van der Waals surface area (Å²) < 4.78 is 0. The number of hydrogen-bond acceptors (Lipinski definition) is 6. The molecule has 0 saturated carbocycles. The number of nitrogens with one attached hydrogen (secondary N) is 3. The molecule has 9 heteroatoms. The highest BCUT2D eigenvalue weighted by Crippen LogP contribution is 2.29. The van der Waals surface area contributed by atoms with Gasteiger partial charge < -0.3 is 10.6 Å². The number of anilines is 2. The SMILES string of the molecule is CCc1ccc(C2CC3C(=O)N(CC(=O)Nc4ccc(NC(C)=O)cc4)N=CN3N2)cc1. The Bertz CT molecular complexity index is 1030. The average molecular weight is 435 g/mol. The van der Waals surface area contributed by atoms with Crippen LogP contribution in [-0.4, -0.2) is 46.7 Å². The van der Waals surface area contributed by atoms with Gasteiger partial charge in [-0.3, -0.25) is 19.4 Å². The first-order valence-electron chi connectivity index (χ1n) is 10.6. The van der Waals surface area contributed by atoms with Crippen LogP contribution in [0.2, 0.25) is 0 Å². The second kappa shape index (κ2) is 9.19. The molecule has 166 valence electrons. The van der Waals surface area contributed by atoms with Crippen molar-refractivity contribution in [3.05, 3.63) is 59.7 Å². The van der Waals surface area contributed by atoms with Crippen LogP contribution < -0.4 is 16.1 Å². The van der Waals surface area contributed by atoms with Crippen molar-refractivity contribution < 1.29 is 14.4 Å². The molecule has 3 N–H and O–H groups in total. The van der Waals surface area contributed by atoms with Crippen molar-refractivity contribution in [2.24, 2.45) is 5.10 Å². The molecule has 2 unspecified atom stereocenters. The average Bonchev–Trinajstić information content (AvgIpc) is 3.22. The molecule has 0 aromatic heterocycles. The van der Waals surface area contributed by atoms with Gasteiger partial charge in [-0.15, -0.1) is 0 Å². The molecule has 0 spiro atoms. The Morgan fingerprint density at radius 2 is 1.72 bits per heavy atom. The van der Waals surface area contributed by atoms with Crippen molar-refractivity contribution in [2.45, 2.75) is 38.8 Å². The molecule has 0 bridgehead atoms. The van der Waals surface area contributed by atoms with Crippen molar-refractivity contribution in [3.8, 4) is 0 Å². The lowest BCUT2D eigenvalue weighted by Gasteiger charge is -2.29. The zero-order valence-corrected chi connectivity index (χ0v) is 18.0. The molecule has 2 aliphatic rings. The van der Waals surface area contributed by atoms with E-state index in [-0.39, 0.29) is 30.3 Å². The van der Waals surface area contributed by atoms with Gasteiger partial charge >= 0.3 is 0 Å². The van der Waals surface area contributed by atoms with Crippen molar-refractivity contribution in [1.82, 2.24) is 15.4 Å². The fraction of sp³-hybridized carbons (Fsp3) is 0.304. The molecule has 2 aromatic carbocycles. The van der Waals surface area contributed by atoms with Gasteiger partial charge in [0.2, 0.25) is 11.8 Å². The first-order chi connectivity index (χ1) is 15.4. The molecule has 0 radical (unpaired) electrons. The number of aryl methyl sites for hydroxylation is 1. The van der Waals surface area contributed by atoms with Gasteiger partial charge in [-0.2, -0.15) is 5.10 Å². The highest BCUT2D eigenvalue weighted by molar-refractivity contribution is 5.97. The number of fused-ring (bicyclic) bond motifs is 1. The van der Waals surface area contributed by atoms with Crippen LogP contribution in [-0.2, 0) is 20.8 Å². The van der Waals surface area contributed by atoms with E-state index in [1.165, 1.54) is 17.5 Å². The lowest BCUT2D eigenvalue weighted by molar-refractivity contribution is -0.139. The second-order valence-corrected chi connectivity index (χ2v) is 7.87. The van der Waals surface area contributed by atoms with Crippen molar-refractivity contribution in [1.29, 1.82) is 0 Å². The molecule has 4 rings (SSSR count). The molecule has 2 heterocycles. The summed E-state index contributed by atoms with van der Waals surface area (Å²) in [7, 11) is 0. The lowest BCUT2D eigenvalue weighted by atomic mass is 9.99. The number of benzene rings is 2. The first kappa shape index (κ1) is 21.5. The van der Waals surface area contributed by atoms with Gasteiger partial charge in [0.15, 0.2) is 0 Å². The Balaban J connectivity index is 1.34. The van der Waals surface area contributed by atoms with Crippen molar-refractivity contribution in [2.75, 3.05) is 17.2 Å². The first-order valence-corrected chi connectivity index (χ1v) is 10.6. The normalized spacial score (nSPS) is 19.6. The van der Waals surface area contributed by atoms with E-state index in [9.17, 15) is 14.4 Å². The number of hydrazone groups is 1. The summed E-state index contributed by atoms with van der Waals surface area (Å²) in [4.78, 5) is 36.5. The van der Waals surface area contributed by atoms with E-state index < -0.39 is 6.04 Å². The summed E-state index contributed by atoms with van der Waals surface area (Å²) in [5, 5.41) is 12.5. The summed E-state index contributed by atoms with van der Waals surface area (Å²) >= 11 is 0. The quantitative estimate of drug-likeness (QED) is 0.647. The van der Waals surface area contributed by atoms with Crippen LogP contribution in [0.1, 0.15) is 37.4 Å². The van der Waals surface area contributed by atoms with Gasteiger partial charge in [0, 0.05) is 18.3 Å². The number of amides is 3. The molecule has 2 aliphatic heterocycles.